The molecule has 0 saturated carbocycles. The highest BCUT2D eigenvalue weighted by Gasteiger charge is 2.11. The zero-order valence-corrected chi connectivity index (χ0v) is 14.3. The van der Waals surface area contributed by atoms with Crippen molar-refractivity contribution in [3.63, 3.8) is 0 Å². The van der Waals surface area contributed by atoms with Crippen LogP contribution in [0.4, 0.5) is 5.82 Å². The number of aromatic nitrogens is 3. The lowest BCUT2D eigenvalue weighted by molar-refractivity contribution is 0.745. The summed E-state index contributed by atoms with van der Waals surface area (Å²) in [6.07, 6.45) is 2.99. The Balaban J connectivity index is 2.47. The number of rotatable bonds is 5. The second-order valence-electron chi connectivity index (χ2n) is 5.96. The molecule has 0 amide bonds. The molecule has 5 nitrogen and oxygen atoms in total. The number of allylic oxidation sites excluding steroid dienone is 1. The summed E-state index contributed by atoms with van der Waals surface area (Å²) in [6.45, 7) is 12.4. The van der Waals surface area contributed by atoms with Gasteiger partial charge in [-0.15, -0.1) is 0 Å². The average molecular weight is 299 g/mol. The predicted molar refractivity (Wildman–Crippen MR) is 92.6 cm³/mol. The Morgan fingerprint density at radius 1 is 1.36 bits per heavy atom. The van der Waals surface area contributed by atoms with Gasteiger partial charge < -0.3 is 5.32 Å². The number of anilines is 1. The molecule has 0 aromatic carbocycles. The zero-order chi connectivity index (χ0) is 16.3. The summed E-state index contributed by atoms with van der Waals surface area (Å²) in [4.78, 5) is 9.17. The minimum atomic E-state index is 0.361. The lowest BCUT2D eigenvalue weighted by atomic mass is 10.1. The van der Waals surface area contributed by atoms with E-state index in [1.165, 1.54) is 0 Å². The Morgan fingerprint density at radius 3 is 2.68 bits per heavy atom. The van der Waals surface area contributed by atoms with Gasteiger partial charge in [0, 0.05) is 17.8 Å². The number of nitrogens with zero attached hydrogens (tertiary/aromatic N) is 4. The highest BCUT2D eigenvalue weighted by molar-refractivity contribution is 5.80. The first kappa shape index (κ1) is 16.2. The average Bonchev–Trinajstić information content (AvgIpc) is 2.77. The lowest BCUT2D eigenvalue weighted by Gasteiger charge is -2.12. The van der Waals surface area contributed by atoms with E-state index in [1.54, 1.807) is 0 Å². The highest BCUT2D eigenvalue weighted by Crippen LogP contribution is 2.21. The molecule has 0 aliphatic carbocycles. The summed E-state index contributed by atoms with van der Waals surface area (Å²) in [5, 5.41) is 7.85. The number of aryl methyl sites for hydroxylation is 1. The molecule has 0 spiro atoms. The Kier molecular flexibility index (Phi) is 4.96. The van der Waals surface area contributed by atoms with Crippen molar-refractivity contribution in [2.75, 3.05) is 5.32 Å². The third-order valence-electron chi connectivity index (χ3n) is 3.17. The van der Waals surface area contributed by atoms with Gasteiger partial charge in [-0.25, -0.2) is 14.5 Å². The van der Waals surface area contributed by atoms with Crippen LogP contribution in [0.2, 0.25) is 0 Å². The van der Waals surface area contributed by atoms with Crippen LogP contribution >= 0.6 is 0 Å². The van der Waals surface area contributed by atoms with E-state index in [9.17, 15) is 0 Å². The molecule has 0 bridgehead atoms. The molecule has 0 aliphatic heterocycles. The van der Waals surface area contributed by atoms with Crippen molar-refractivity contribution in [1.82, 2.24) is 14.6 Å². The van der Waals surface area contributed by atoms with E-state index in [1.807, 2.05) is 37.4 Å². The van der Waals surface area contributed by atoms with Crippen LogP contribution in [-0.2, 0) is 0 Å². The normalized spacial score (nSPS) is 12.0. The van der Waals surface area contributed by atoms with Gasteiger partial charge in [0.1, 0.15) is 11.6 Å². The molecule has 5 heteroatoms. The smallest absolute Gasteiger partial charge is 0.157 e. The van der Waals surface area contributed by atoms with Crippen LogP contribution < -0.4 is 5.32 Å². The van der Waals surface area contributed by atoms with Crippen LogP contribution in [0.1, 0.15) is 58.3 Å². The van der Waals surface area contributed by atoms with Gasteiger partial charge in [0.25, 0.3) is 0 Å². The Bertz CT molecular complexity index is 718. The van der Waals surface area contributed by atoms with Gasteiger partial charge in [-0.1, -0.05) is 20.8 Å². The van der Waals surface area contributed by atoms with Crippen LogP contribution in [0.3, 0.4) is 0 Å². The maximum atomic E-state index is 4.65. The number of hydrogen-bond acceptors (Lipinski definition) is 4. The van der Waals surface area contributed by atoms with Crippen LogP contribution in [-0.4, -0.2) is 20.3 Å². The molecule has 2 rings (SSSR count). The van der Waals surface area contributed by atoms with Gasteiger partial charge >= 0.3 is 0 Å². The molecule has 0 unspecified atom stereocenters. The SMILES string of the molecule is CC/C=C(\N=C(C)C)Nc1cc(C(C)C)n2nc(C)cc2n1. The van der Waals surface area contributed by atoms with Crippen molar-refractivity contribution in [1.29, 1.82) is 0 Å². The van der Waals surface area contributed by atoms with Gasteiger partial charge in [0.05, 0.1) is 11.4 Å². The van der Waals surface area contributed by atoms with Crippen LogP contribution in [0.15, 0.2) is 29.0 Å². The number of fused-ring (bicyclic) bond motifs is 1. The lowest BCUT2D eigenvalue weighted by Crippen LogP contribution is -2.07. The van der Waals surface area contributed by atoms with E-state index in [0.29, 0.717) is 5.92 Å². The molecule has 2 heterocycles. The first-order valence-corrected chi connectivity index (χ1v) is 7.77. The van der Waals surface area contributed by atoms with E-state index >= 15 is 0 Å². The third kappa shape index (κ3) is 3.72. The summed E-state index contributed by atoms with van der Waals surface area (Å²) in [7, 11) is 0. The van der Waals surface area contributed by atoms with Crippen molar-refractivity contribution in [2.45, 2.75) is 53.9 Å². The van der Waals surface area contributed by atoms with Crippen LogP contribution in [0, 0.1) is 6.92 Å². The molecule has 0 saturated heterocycles. The minimum Gasteiger partial charge on any atom is -0.325 e. The topological polar surface area (TPSA) is 54.6 Å². The fraction of sp³-hybridized carbons (Fsp3) is 0.471. The molecule has 0 radical (unpaired) electrons. The van der Waals surface area contributed by atoms with Crippen molar-refractivity contribution in [3.8, 4) is 0 Å². The molecule has 2 aromatic rings. The van der Waals surface area contributed by atoms with Crippen LogP contribution in [0.5, 0.6) is 0 Å². The molecule has 0 atom stereocenters. The minimum absolute atomic E-state index is 0.361. The summed E-state index contributed by atoms with van der Waals surface area (Å²) < 4.78 is 1.92. The number of nitrogens with one attached hydrogen (secondary N) is 1. The molecule has 0 aliphatic rings. The number of hydrogen-bond donors (Lipinski definition) is 1. The van der Waals surface area contributed by atoms with E-state index in [2.05, 4.69) is 47.2 Å². The van der Waals surface area contributed by atoms with Gasteiger partial charge in [0.2, 0.25) is 0 Å². The third-order valence-corrected chi connectivity index (χ3v) is 3.17. The fourth-order valence-corrected chi connectivity index (χ4v) is 2.28. The quantitative estimate of drug-likeness (QED) is 0.837. The fourth-order valence-electron chi connectivity index (χ4n) is 2.28. The van der Waals surface area contributed by atoms with Gasteiger partial charge in [-0.3, -0.25) is 0 Å². The molecular formula is C17H25N5. The van der Waals surface area contributed by atoms with E-state index < -0.39 is 0 Å². The molecule has 118 valence electrons. The maximum absolute atomic E-state index is 4.65. The standard InChI is InChI=1S/C17H25N5/c1-7-8-15(18-12(4)5)19-16-10-14(11(2)3)22-17(20-16)9-13(6)21-22/h8-11H,7H2,1-6H3,(H,19,20)/b15-8+. The first-order valence-electron chi connectivity index (χ1n) is 7.77. The van der Waals surface area contributed by atoms with Crippen molar-refractivity contribution in [2.24, 2.45) is 4.99 Å². The second-order valence-corrected chi connectivity index (χ2v) is 5.96. The van der Waals surface area contributed by atoms with Crippen molar-refractivity contribution >= 4 is 17.2 Å². The van der Waals surface area contributed by atoms with Crippen molar-refractivity contribution < 1.29 is 0 Å². The van der Waals surface area contributed by atoms with E-state index in [4.69, 9.17) is 0 Å². The predicted octanol–water partition coefficient (Wildman–Crippen LogP) is 4.31. The molecule has 22 heavy (non-hydrogen) atoms. The van der Waals surface area contributed by atoms with Crippen molar-refractivity contribution in [3.05, 3.63) is 35.4 Å². The maximum Gasteiger partial charge on any atom is 0.157 e. The van der Waals surface area contributed by atoms with Gasteiger partial charge in [-0.2, -0.15) is 5.10 Å². The molecule has 0 fully saturated rings. The van der Waals surface area contributed by atoms with Crippen LogP contribution in [0.25, 0.3) is 5.65 Å². The van der Waals surface area contributed by atoms with Gasteiger partial charge in [-0.05, 0) is 39.2 Å². The van der Waals surface area contributed by atoms with Gasteiger partial charge in [0.15, 0.2) is 5.65 Å². The highest BCUT2D eigenvalue weighted by atomic mass is 15.3. The summed E-state index contributed by atoms with van der Waals surface area (Å²) in [5.41, 5.74) is 3.98. The van der Waals surface area contributed by atoms with E-state index in [0.717, 1.165) is 40.8 Å². The second kappa shape index (κ2) is 6.73. The molecular weight excluding hydrogens is 274 g/mol. The Morgan fingerprint density at radius 2 is 2.09 bits per heavy atom. The Labute approximate surface area is 132 Å². The van der Waals surface area contributed by atoms with E-state index in [-0.39, 0.29) is 0 Å². The molecule has 2 aromatic heterocycles. The largest absolute Gasteiger partial charge is 0.325 e. The molecule has 1 N–H and O–H groups in total. The monoisotopic (exact) mass is 299 g/mol. The first-order chi connectivity index (χ1) is 10.4. The summed E-state index contributed by atoms with van der Waals surface area (Å²) in [6, 6.07) is 4.04. The zero-order valence-electron chi connectivity index (χ0n) is 14.3. The summed E-state index contributed by atoms with van der Waals surface area (Å²) >= 11 is 0. The summed E-state index contributed by atoms with van der Waals surface area (Å²) in [5.74, 6) is 2.01. The Hall–Kier alpha value is -2.17. The number of aliphatic imine (C=N–C) groups is 1.